The topological polar surface area (TPSA) is 76.5 Å². The molecule has 0 saturated carbocycles. The first-order valence-corrected chi connectivity index (χ1v) is 11.0. The first kappa shape index (κ1) is 20.8. The molecule has 1 aliphatic heterocycles. The van der Waals surface area contributed by atoms with E-state index in [4.69, 9.17) is 0 Å². The Hall–Kier alpha value is -4.04. The number of fused-ring (bicyclic) bond motifs is 1. The summed E-state index contributed by atoms with van der Waals surface area (Å²) in [4.78, 5) is 18.0. The molecule has 8 heteroatoms. The number of amides is 1. The van der Waals surface area contributed by atoms with Crippen molar-refractivity contribution in [2.75, 3.05) is 43.1 Å². The molecule has 0 aliphatic carbocycles. The Morgan fingerprint density at radius 1 is 1.03 bits per heavy atom. The molecule has 168 valence electrons. The molecule has 0 unspecified atom stereocenters. The van der Waals surface area contributed by atoms with Gasteiger partial charge in [-0.15, -0.1) is 0 Å². The number of carboxylic acid groups (broad SMARTS) is 1. The second-order valence-electron chi connectivity index (χ2n) is 8.27. The molecule has 0 radical (unpaired) electrons. The van der Waals surface area contributed by atoms with Gasteiger partial charge in [-0.25, -0.2) is 5.43 Å². The van der Waals surface area contributed by atoms with Crippen LogP contribution in [-0.2, 0) is 0 Å². The van der Waals surface area contributed by atoms with Gasteiger partial charge in [0.2, 0.25) is 0 Å². The third kappa shape index (κ3) is 3.96. The summed E-state index contributed by atoms with van der Waals surface area (Å²) < 4.78 is 2.21. The highest BCUT2D eigenvalue weighted by atomic mass is 16.4. The van der Waals surface area contributed by atoms with E-state index in [1.807, 2.05) is 66.8 Å². The Bertz CT molecular complexity index is 1250. The number of benzene rings is 2. The van der Waals surface area contributed by atoms with E-state index < -0.39 is 6.09 Å². The molecule has 0 bridgehead atoms. The molecule has 2 aromatic carbocycles. The standard InChI is InChI=1S/C25H26N6O2/c1-28(21-9-12-26-13-10-21)30-14-11-20-19-23(7-8-24(20)30)31(27-25(32)33)17-15-29(16-18-31)22-5-3-2-4-6-22/h2-14,19,27H,15-18H2,1H3. The lowest BCUT2D eigenvalue weighted by molar-refractivity contribution is -0.256. The Balaban J connectivity index is 1.45. The van der Waals surface area contributed by atoms with Crippen LogP contribution in [0.3, 0.4) is 0 Å². The van der Waals surface area contributed by atoms with Crippen LogP contribution in [-0.4, -0.2) is 49.0 Å². The van der Waals surface area contributed by atoms with Crippen molar-refractivity contribution >= 4 is 34.1 Å². The zero-order valence-corrected chi connectivity index (χ0v) is 18.5. The summed E-state index contributed by atoms with van der Waals surface area (Å²) >= 11 is 0. The Kier molecular flexibility index (Phi) is 5.35. The summed E-state index contributed by atoms with van der Waals surface area (Å²) in [7, 11) is 2.00. The molecule has 1 N–H and O–H groups in total. The zero-order chi connectivity index (χ0) is 22.8. The fourth-order valence-electron chi connectivity index (χ4n) is 4.64. The van der Waals surface area contributed by atoms with Crippen LogP contribution < -0.4 is 25.0 Å². The first-order chi connectivity index (χ1) is 16.1. The van der Waals surface area contributed by atoms with Gasteiger partial charge in [-0.2, -0.15) is 4.59 Å². The largest absolute Gasteiger partial charge is 0.526 e. The molecule has 0 atom stereocenters. The molecular weight excluding hydrogens is 416 g/mol. The lowest BCUT2D eigenvalue weighted by Crippen LogP contribution is -2.70. The SMILES string of the molecule is CN(c1ccncc1)n1ccc2cc([N+]3(NC(=O)[O-])CCN(c4ccccc4)CC3)ccc21. The van der Waals surface area contributed by atoms with Gasteiger partial charge in [0.1, 0.15) is 13.1 Å². The number of carbonyl (C=O) groups is 1. The van der Waals surface area contributed by atoms with Gasteiger partial charge in [-0.3, -0.25) is 14.7 Å². The Labute approximate surface area is 192 Å². The number of hydrogen-bond donors (Lipinski definition) is 1. The lowest BCUT2D eigenvalue weighted by Gasteiger charge is -2.44. The molecule has 8 nitrogen and oxygen atoms in total. The Morgan fingerprint density at radius 3 is 2.45 bits per heavy atom. The van der Waals surface area contributed by atoms with Gasteiger partial charge in [-0.1, -0.05) is 18.2 Å². The van der Waals surface area contributed by atoms with Crippen molar-refractivity contribution in [2.24, 2.45) is 0 Å². The number of piperazine rings is 1. The van der Waals surface area contributed by atoms with Gasteiger partial charge in [0.25, 0.3) is 0 Å². The number of nitrogens with one attached hydrogen (secondary N) is 1. The number of quaternary nitrogens is 1. The van der Waals surface area contributed by atoms with Gasteiger partial charge < -0.3 is 14.8 Å². The monoisotopic (exact) mass is 442 g/mol. The fourth-order valence-corrected chi connectivity index (χ4v) is 4.64. The molecule has 3 heterocycles. The van der Waals surface area contributed by atoms with Gasteiger partial charge in [0.15, 0.2) is 11.8 Å². The maximum absolute atomic E-state index is 11.6. The molecule has 1 fully saturated rings. The average molecular weight is 443 g/mol. The van der Waals surface area contributed by atoms with Gasteiger partial charge in [0.05, 0.1) is 24.3 Å². The normalized spacial score (nSPS) is 15.4. The summed E-state index contributed by atoms with van der Waals surface area (Å²) in [6.45, 7) is 2.67. The zero-order valence-electron chi connectivity index (χ0n) is 18.5. The van der Waals surface area contributed by atoms with Crippen LogP contribution in [0.1, 0.15) is 0 Å². The van der Waals surface area contributed by atoms with Crippen molar-refractivity contribution in [3.05, 3.63) is 85.3 Å². The van der Waals surface area contributed by atoms with Crippen LogP contribution in [0.2, 0.25) is 0 Å². The third-order valence-electron chi connectivity index (χ3n) is 6.44. The molecule has 33 heavy (non-hydrogen) atoms. The van der Waals surface area contributed by atoms with Crippen LogP contribution in [0.4, 0.5) is 21.9 Å². The minimum atomic E-state index is -1.27. The van der Waals surface area contributed by atoms with Crippen molar-refractivity contribution in [3.63, 3.8) is 0 Å². The second kappa shape index (κ2) is 8.48. The summed E-state index contributed by atoms with van der Waals surface area (Å²) in [5.41, 5.74) is 6.80. The number of para-hydroxylation sites is 1. The third-order valence-corrected chi connectivity index (χ3v) is 6.44. The van der Waals surface area contributed by atoms with Crippen molar-refractivity contribution in [2.45, 2.75) is 0 Å². The number of pyridine rings is 1. The van der Waals surface area contributed by atoms with Crippen LogP contribution in [0.15, 0.2) is 85.3 Å². The minimum absolute atomic E-state index is 0.146. The molecular formula is C25H26N6O2. The minimum Gasteiger partial charge on any atom is -0.526 e. The highest BCUT2D eigenvalue weighted by molar-refractivity contribution is 5.84. The maximum Gasteiger partial charge on any atom is 0.185 e. The van der Waals surface area contributed by atoms with Crippen molar-refractivity contribution < 1.29 is 9.90 Å². The molecule has 1 saturated heterocycles. The molecule has 0 spiro atoms. The van der Waals surface area contributed by atoms with Gasteiger partial charge in [0, 0.05) is 48.8 Å². The highest BCUT2D eigenvalue weighted by Crippen LogP contribution is 2.30. The van der Waals surface area contributed by atoms with Crippen LogP contribution in [0.25, 0.3) is 10.9 Å². The smallest absolute Gasteiger partial charge is 0.185 e. The number of carbonyl (C=O) groups excluding carboxylic acids is 1. The number of nitrogens with zero attached hydrogens (tertiary/aromatic N) is 5. The van der Waals surface area contributed by atoms with E-state index >= 15 is 0 Å². The Morgan fingerprint density at radius 2 is 1.76 bits per heavy atom. The summed E-state index contributed by atoms with van der Waals surface area (Å²) in [5, 5.41) is 14.7. The maximum atomic E-state index is 11.6. The molecule has 5 rings (SSSR count). The average Bonchev–Trinajstić information content (AvgIpc) is 3.28. The van der Waals surface area contributed by atoms with Gasteiger partial charge >= 0.3 is 0 Å². The van der Waals surface area contributed by atoms with E-state index in [9.17, 15) is 9.90 Å². The summed E-state index contributed by atoms with van der Waals surface area (Å²) in [6.07, 6.45) is 4.28. The predicted molar refractivity (Wildman–Crippen MR) is 129 cm³/mol. The summed E-state index contributed by atoms with van der Waals surface area (Å²) in [6, 6.07) is 22.3. The van der Waals surface area contributed by atoms with E-state index in [1.165, 1.54) is 0 Å². The number of rotatable bonds is 5. The predicted octanol–water partition coefficient (Wildman–Crippen LogP) is 2.61. The number of hydrogen-bond acceptors (Lipinski definition) is 5. The van der Waals surface area contributed by atoms with Crippen molar-refractivity contribution in [1.82, 2.24) is 19.7 Å². The van der Waals surface area contributed by atoms with E-state index in [2.05, 4.69) is 38.2 Å². The van der Waals surface area contributed by atoms with E-state index in [-0.39, 0.29) is 4.59 Å². The van der Waals surface area contributed by atoms with E-state index in [1.54, 1.807) is 12.4 Å². The number of anilines is 2. The van der Waals surface area contributed by atoms with Crippen LogP contribution >= 0.6 is 0 Å². The van der Waals surface area contributed by atoms with Gasteiger partial charge in [-0.05, 0) is 36.4 Å². The molecule has 4 aromatic rings. The van der Waals surface area contributed by atoms with Crippen LogP contribution in [0, 0.1) is 0 Å². The summed E-state index contributed by atoms with van der Waals surface area (Å²) in [5.74, 6) is 0. The molecule has 1 aliphatic rings. The quantitative estimate of drug-likeness (QED) is 0.481. The first-order valence-electron chi connectivity index (χ1n) is 11.0. The van der Waals surface area contributed by atoms with E-state index in [0.717, 1.165) is 41.1 Å². The second-order valence-corrected chi connectivity index (χ2v) is 8.27. The fraction of sp³-hybridized carbons (Fsp3) is 0.200. The molecule has 2 aromatic heterocycles. The number of aromatic nitrogens is 2. The van der Waals surface area contributed by atoms with Crippen molar-refractivity contribution in [1.29, 1.82) is 0 Å². The molecule has 1 amide bonds. The van der Waals surface area contributed by atoms with E-state index in [0.29, 0.717) is 13.1 Å². The van der Waals surface area contributed by atoms with Crippen LogP contribution in [0.5, 0.6) is 0 Å². The highest BCUT2D eigenvalue weighted by Gasteiger charge is 2.36. The van der Waals surface area contributed by atoms with Crippen molar-refractivity contribution in [3.8, 4) is 0 Å². The lowest BCUT2D eigenvalue weighted by atomic mass is 10.1.